The number of hydrogen-bond acceptors (Lipinski definition) is 2. The third kappa shape index (κ3) is 1.85. The summed E-state index contributed by atoms with van der Waals surface area (Å²) in [4.78, 5) is 4.56. The van der Waals surface area contributed by atoms with Gasteiger partial charge in [0.2, 0.25) is 0 Å². The van der Waals surface area contributed by atoms with Crippen LogP contribution in [0.2, 0.25) is 0 Å². The second kappa shape index (κ2) is 3.93. The van der Waals surface area contributed by atoms with E-state index in [0.29, 0.717) is 0 Å². The fourth-order valence-corrected chi connectivity index (χ4v) is 2.28. The van der Waals surface area contributed by atoms with Gasteiger partial charge in [-0.1, -0.05) is 30.7 Å². The topological polar surface area (TPSA) is 12.9 Å². The molecule has 0 bridgehead atoms. The minimum absolute atomic E-state index is 1.02. The van der Waals surface area contributed by atoms with Crippen LogP contribution in [0.4, 0.5) is 0 Å². The summed E-state index contributed by atoms with van der Waals surface area (Å²) in [5.41, 5.74) is 3.71. The molecule has 1 nitrogen and oxygen atoms in total. The van der Waals surface area contributed by atoms with Crippen molar-refractivity contribution in [1.29, 1.82) is 0 Å². The molecule has 72 valence electrons. The molecule has 0 aliphatic carbocycles. The lowest BCUT2D eigenvalue weighted by Crippen LogP contribution is -1.81. The first kappa shape index (κ1) is 9.41. The Labute approximate surface area is 88.4 Å². The van der Waals surface area contributed by atoms with Crippen molar-refractivity contribution in [3.05, 3.63) is 40.9 Å². The number of benzene rings is 1. The molecule has 1 aromatic carbocycles. The summed E-state index contributed by atoms with van der Waals surface area (Å²) in [5.74, 6) is 0. The van der Waals surface area contributed by atoms with E-state index in [2.05, 4.69) is 48.5 Å². The van der Waals surface area contributed by atoms with Crippen molar-refractivity contribution in [2.45, 2.75) is 20.3 Å². The Morgan fingerprint density at radius 2 is 2.21 bits per heavy atom. The minimum Gasteiger partial charge on any atom is -0.241 e. The van der Waals surface area contributed by atoms with Gasteiger partial charge in [-0.2, -0.15) is 0 Å². The third-order valence-corrected chi connectivity index (χ3v) is 3.12. The average Bonchev–Trinajstić information content (AvgIpc) is 2.66. The van der Waals surface area contributed by atoms with Gasteiger partial charge in [-0.15, -0.1) is 11.3 Å². The van der Waals surface area contributed by atoms with Crippen molar-refractivity contribution < 1.29 is 0 Å². The zero-order valence-corrected chi connectivity index (χ0v) is 9.27. The van der Waals surface area contributed by atoms with Gasteiger partial charge in [-0.25, -0.2) is 4.98 Å². The van der Waals surface area contributed by atoms with E-state index in [-0.39, 0.29) is 0 Å². The molecule has 1 aromatic heterocycles. The van der Waals surface area contributed by atoms with Crippen LogP contribution in [0.3, 0.4) is 0 Å². The first-order chi connectivity index (χ1) is 6.79. The van der Waals surface area contributed by atoms with Crippen LogP contribution in [-0.4, -0.2) is 4.98 Å². The average molecular weight is 203 g/mol. The van der Waals surface area contributed by atoms with Crippen molar-refractivity contribution in [2.75, 3.05) is 0 Å². The molecule has 0 saturated carbocycles. The lowest BCUT2D eigenvalue weighted by molar-refractivity contribution is 1.07. The fraction of sp³-hybridized carbons (Fsp3) is 0.250. The molecule has 1 heterocycles. The molecule has 0 amide bonds. The predicted octanol–water partition coefficient (Wildman–Crippen LogP) is 3.68. The lowest BCUT2D eigenvalue weighted by Gasteiger charge is -1.97. The van der Waals surface area contributed by atoms with E-state index in [9.17, 15) is 0 Å². The summed E-state index contributed by atoms with van der Waals surface area (Å²) in [7, 11) is 0. The van der Waals surface area contributed by atoms with Crippen molar-refractivity contribution in [2.24, 2.45) is 0 Å². The van der Waals surface area contributed by atoms with Gasteiger partial charge in [0.1, 0.15) is 5.01 Å². The second-order valence-corrected chi connectivity index (χ2v) is 4.23. The van der Waals surface area contributed by atoms with Gasteiger partial charge in [0.05, 0.1) is 5.69 Å². The Kier molecular flexibility index (Phi) is 2.64. The molecule has 2 heteroatoms. The summed E-state index contributed by atoms with van der Waals surface area (Å²) in [5, 5.41) is 3.27. The Balaban J connectivity index is 2.39. The smallest absolute Gasteiger partial charge is 0.123 e. The minimum atomic E-state index is 1.02. The molecule has 0 spiro atoms. The summed E-state index contributed by atoms with van der Waals surface area (Å²) < 4.78 is 0. The Bertz CT molecular complexity index is 431. The maximum Gasteiger partial charge on any atom is 0.123 e. The first-order valence-corrected chi connectivity index (χ1v) is 5.69. The highest BCUT2D eigenvalue weighted by Gasteiger charge is 2.02. The molecule has 0 aliphatic heterocycles. The van der Waals surface area contributed by atoms with E-state index in [1.807, 2.05) is 0 Å². The van der Waals surface area contributed by atoms with E-state index in [1.54, 1.807) is 11.3 Å². The standard InChI is InChI=1S/C12H13NS/c1-3-11-8-14-12(13-11)10-6-4-5-9(2)7-10/h4-8H,3H2,1-2H3. The number of hydrogen-bond donors (Lipinski definition) is 0. The number of thiazole rings is 1. The SMILES string of the molecule is CCc1csc(-c2cccc(C)c2)n1. The van der Waals surface area contributed by atoms with Gasteiger partial charge in [-0.3, -0.25) is 0 Å². The Hall–Kier alpha value is -1.15. The van der Waals surface area contributed by atoms with Crippen molar-refractivity contribution >= 4 is 11.3 Å². The maximum atomic E-state index is 4.56. The van der Waals surface area contributed by atoms with Gasteiger partial charge in [0.25, 0.3) is 0 Å². The van der Waals surface area contributed by atoms with Crippen LogP contribution in [-0.2, 0) is 6.42 Å². The van der Waals surface area contributed by atoms with E-state index in [0.717, 1.165) is 11.4 Å². The fourth-order valence-electron chi connectivity index (χ4n) is 1.38. The third-order valence-electron chi connectivity index (χ3n) is 2.18. The van der Waals surface area contributed by atoms with Crippen LogP contribution in [0.5, 0.6) is 0 Å². The zero-order valence-electron chi connectivity index (χ0n) is 8.45. The first-order valence-electron chi connectivity index (χ1n) is 4.81. The highest BCUT2D eigenvalue weighted by Crippen LogP contribution is 2.24. The molecule has 0 N–H and O–H groups in total. The van der Waals surface area contributed by atoms with Gasteiger partial charge >= 0.3 is 0 Å². The van der Waals surface area contributed by atoms with Crippen LogP contribution in [0.25, 0.3) is 10.6 Å². The number of nitrogens with zero attached hydrogens (tertiary/aromatic N) is 1. The van der Waals surface area contributed by atoms with E-state index < -0.39 is 0 Å². The second-order valence-electron chi connectivity index (χ2n) is 3.37. The molecule has 14 heavy (non-hydrogen) atoms. The van der Waals surface area contributed by atoms with E-state index in [4.69, 9.17) is 0 Å². The molecular formula is C12H13NS. The summed E-state index contributed by atoms with van der Waals surface area (Å²) >= 11 is 1.72. The molecule has 0 saturated heterocycles. The largest absolute Gasteiger partial charge is 0.241 e. The van der Waals surface area contributed by atoms with Gasteiger partial charge in [-0.05, 0) is 19.4 Å². The van der Waals surface area contributed by atoms with Gasteiger partial charge < -0.3 is 0 Å². The normalized spacial score (nSPS) is 10.4. The van der Waals surface area contributed by atoms with Gasteiger partial charge in [0, 0.05) is 10.9 Å². The van der Waals surface area contributed by atoms with Crippen LogP contribution in [0.1, 0.15) is 18.2 Å². The summed E-state index contributed by atoms with van der Waals surface area (Å²) in [6.07, 6.45) is 1.02. The highest BCUT2D eigenvalue weighted by atomic mass is 32.1. The molecule has 2 aromatic rings. The Morgan fingerprint density at radius 1 is 1.36 bits per heavy atom. The lowest BCUT2D eigenvalue weighted by atomic mass is 10.1. The number of rotatable bonds is 2. The number of aromatic nitrogens is 1. The molecule has 2 rings (SSSR count). The van der Waals surface area contributed by atoms with Crippen LogP contribution in [0.15, 0.2) is 29.6 Å². The zero-order chi connectivity index (χ0) is 9.97. The quantitative estimate of drug-likeness (QED) is 0.725. The maximum absolute atomic E-state index is 4.56. The molecule has 0 fully saturated rings. The predicted molar refractivity (Wildman–Crippen MR) is 61.7 cm³/mol. The Morgan fingerprint density at radius 3 is 2.86 bits per heavy atom. The monoisotopic (exact) mass is 203 g/mol. The van der Waals surface area contributed by atoms with Crippen LogP contribution in [0, 0.1) is 6.92 Å². The van der Waals surface area contributed by atoms with E-state index in [1.165, 1.54) is 16.8 Å². The van der Waals surface area contributed by atoms with Crippen LogP contribution < -0.4 is 0 Å². The van der Waals surface area contributed by atoms with E-state index >= 15 is 0 Å². The molecule has 0 unspecified atom stereocenters. The number of aryl methyl sites for hydroxylation is 2. The summed E-state index contributed by atoms with van der Waals surface area (Å²) in [6, 6.07) is 8.49. The summed E-state index contributed by atoms with van der Waals surface area (Å²) in [6.45, 7) is 4.24. The van der Waals surface area contributed by atoms with Crippen molar-refractivity contribution in [3.63, 3.8) is 0 Å². The van der Waals surface area contributed by atoms with Gasteiger partial charge in [0.15, 0.2) is 0 Å². The molecule has 0 radical (unpaired) electrons. The molecular weight excluding hydrogens is 190 g/mol. The van der Waals surface area contributed by atoms with Crippen molar-refractivity contribution in [3.8, 4) is 10.6 Å². The van der Waals surface area contributed by atoms with Crippen molar-refractivity contribution in [1.82, 2.24) is 4.98 Å². The highest BCUT2D eigenvalue weighted by molar-refractivity contribution is 7.13. The van der Waals surface area contributed by atoms with Crippen LogP contribution >= 0.6 is 11.3 Å². The molecule has 0 atom stereocenters. The molecule has 0 aliphatic rings.